The van der Waals surface area contributed by atoms with Gasteiger partial charge in [0, 0.05) is 5.97 Å². The third-order valence-corrected chi connectivity index (χ3v) is 2.94. The lowest BCUT2D eigenvalue weighted by atomic mass is 9.92. The molecule has 0 aromatic rings. The molecule has 0 aromatic heterocycles. The predicted molar refractivity (Wildman–Crippen MR) is 50.1 cm³/mol. The SMILES string of the molecule is O=C([O-])C1CCCCCCCCC1. The number of hydrogen-bond acceptors (Lipinski definition) is 2. The Labute approximate surface area is 80.3 Å². The second-order valence-corrected chi connectivity index (χ2v) is 4.07. The summed E-state index contributed by atoms with van der Waals surface area (Å²) in [4.78, 5) is 10.7. The summed E-state index contributed by atoms with van der Waals surface area (Å²) < 4.78 is 0. The van der Waals surface area contributed by atoms with Crippen molar-refractivity contribution in [3.8, 4) is 0 Å². The van der Waals surface area contributed by atoms with Gasteiger partial charge in [-0.2, -0.15) is 0 Å². The fraction of sp³-hybridized carbons (Fsp3) is 0.909. The summed E-state index contributed by atoms with van der Waals surface area (Å²) in [6.07, 6.45) is 10.1. The van der Waals surface area contributed by atoms with Crippen LogP contribution in [0.25, 0.3) is 0 Å². The number of carboxylic acid groups (broad SMARTS) is 1. The first-order valence-electron chi connectivity index (χ1n) is 5.51. The van der Waals surface area contributed by atoms with Crippen LogP contribution in [0.3, 0.4) is 0 Å². The number of carbonyl (C=O) groups excluding carboxylic acids is 1. The Balaban J connectivity index is 2.30. The maximum Gasteiger partial charge on any atom is 0.0445 e. The molecule has 0 amide bonds. The van der Waals surface area contributed by atoms with Crippen LogP contribution in [-0.4, -0.2) is 5.97 Å². The Morgan fingerprint density at radius 2 is 1.23 bits per heavy atom. The zero-order valence-electron chi connectivity index (χ0n) is 8.26. The quantitative estimate of drug-likeness (QED) is 0.622. The Morgan fingerprint density at radius 1 is 0.846 bits per heavy atom. The molecule has 0 aliphatic heterocycles. The summed E-state index contributed by atoms with van der Waals surface area (Å²) in [6.45, 7) is 0. The lowest BCUT2D eigenvalue weighted by Gasteiger charge is -2.18. The molecule has 13 heavy (non-hydrogen) atoms. The Bertz CT molecular complexity index is 144. The Morgan fingerprint density at radius 3 is 1.62 bits per heavy atom. The molecule has 0 N–H and O–H groups in total. The molecule has 0 unspecified atom stereocenters. The van der Waals surface area contributed by atoms with E-state index in [0.717, 1.165) is 25.7 Å². The zero-order valence-corrected chi connectivity index (χ0v) is 8.26. The van der Waals surface area contributed by atoms with Crippen molar-refractivity contribution < 1.29 is 9.90 Å². The van der Waals surface area contributed by atoms with Gasteiger partial charge in [-0.15, -0.1) is 0 Å². The minimum Gasteiger partial charge on any atom is -0.550 e. The molecule has 1 aliphatic rings. The van der Waals surface area contributed by atoms with E-state index in [1.165, 1.54) is 32.1 Å². The van der Waals surface area contributed by atoms with Crippen LogP contribution in [0, 0.1) is 5.92 Å². The monoisotopic (exact) mass is 183 g/mol. The van der Waals surface area contributed by atoms with Crippen molar-refractivity contribution in [1.82, 2.24) is 0 Å². The molecule has 0 atom stereocenters. The van der Waals surface area contributed by atoms with Gasteiger partial charge >= 0.3 is 0 Å². The van der Waals surface area contributed by atoms with Crippen molar-refractivity contribution in [3.05, 3.63) is 0 Å². The lowest BCUT2D eigenvalue weighted by molar-refractivity contribution is -0.312. The van der Waals surface area contributed by atoms with Gasteiger partial charge in [-0.25, -0.2) is 0 Å². The number of hydrogen-bond donors (Lipinski definition) is 0. The molecule has 1 rings (SSSR count). The third-order valence-electron chi connectivity index (χ3n) is 2.94. The van der Waals surface area contributed by atoms with Gasteiger partial charge in [-0.3, -0.25) is 0 Å². The molecular formula is C11H19O2-. The van der Waals surface area contributed by atoms with Crippen LogP contribution < -0.4 is 5.11 Å². The fourth-order valence-corrected chi connectivity index (χ4v) is 2.05. The average Bonchev–Trinajstić information content (AvgIpc) is 2.14. The molecule has 1 aliphatic carbocycles. The van der Waals surface area contributed by atoms with Crippen LogP contribution in [0.15, 0.2) is 0 Å². The third kappa shape index (κ3) is 4.30. The highest BCUT2D eigenvalue weighted by atomic mass is 16.4. The minimum absolute atomic E-state index is 0.168. The Hall–Kier alpha value is -0.530. The van der Waals surface area contributed by atoms with Gasteiger partial charge in [0.25, 0.3) is 0 Å². The van der Waals surface area contributed by atoms with Crippen LogP contribution in [0.2, 0.25) is 0 Å². The van der Waals surface area contributed by atoms with Crippen LogP contribution in [0.5, 0.6) is 0 Å². The number of carboxylic acids is 1. The molecule has 1 saturated carbocycles. The fourth-order valence-electron chi connectivity index (χ4n) is 2.05. The topological polar surface area (TPSA) is 40.1 Å². The first-order chi connectivity index (χ1) is 6.30. The van der Waals surface area contributed by atoms with Gasteiger partial charge in [0.05, 0.1) is 0 Å². The molecule has 1 fully saturated rings. The first-order valence-corrected chi connectivity index (χ1v) is 5.51. The summed E-state index contributed by atoms with van der Waals surface area (Å²) in [5.74, 6) is -1.00. The number of carbonyl (C=O) groups is 1. The normalized spacial score (nSPS) is 22.5. The number of rotatable bonds is 1. The molecule has 2 heteroatoms. The van der Waals surface area contributed by atoms with Crippen molar-refractivity contribution >= 4 is 5.97 Å². The van der Waals surface area contributed by atoms with Crippen LogP contribution in [-0.2, 0) is 4.79 Å². The van der Waals surface area contributed by atoms with Gasteiger partial charge in [0.2, 0.25) is 0 Å². The molecule has 0 bridgehead atoms. The molecule has 76 valence electrons. The van der Waals surface area contributed by atoms with Crippen molar-refractivity contribution in [2.45, 2.75) is 57.8 Å². The highest BCUT2D eigenvalue weighted by Gasteiger charge is 2.10. The molecule has 0 radical (unpaired) electrons. The summed E-state index contributed by atoms with van der Waals surface area (Å²) in [6, 6.07) is 0. The van der Waals surface area contributed by atoms with E-state index in [1.54, 1.807) is 0 Å². The highest BCUT2D eigenvalue weighted by Crippen LogP contribution is 2.20. The van der Waals surface area contributed by atoms with E-state index in [2.05, 4.69) is 0 Å². The van der Waals surface area contributed by atoms with Gasteiger partial charge < -0.3 is 9.90 Å². The van der Waals surface area contributed by atoms with E-state index in [4.69, 9.17) is 0 Å². The summed E-state index contributed by atoms with van der Waals surface area (Å²) >= 11 is 0. The van der Waals surface area contributed by atoms with Crippen LogP contribution >= 0.6 is 0 Å². The second-order valence-electron chi connectivity index (χ2n) is 4.07. The molecule has 0 spiro atoms. The minimum atomic E-state index is -0.833. The maximum atomic E-state index is 10.7. The van der Waals surface area contributed by atoms with Gasteiger partial charge in [0.15, 0.2) is 0 Å². The van der Waals surface area contributed by atoms with E-state index in [-0.39, 0.29) is 5.92 Å². The van der Waals surface area contributed by atoms with Crippen LogP contribution in [0.1, 0.15) is 57.8 Å². The average molecular weight is 183 g/mol. The van der Waals surface area contributed by atoms with Crippen LogP contribution in [0.4, 0.5) is 0 Å². The van der Waals surface area contributed by atoms with E-state index in [0.29, 0.717) is 0 Å². The van der Waals surface area contributed by atoms with Crippen molar-refractivity contribution in [2.75, 3.05) is 0 Å². The van der Waals surface area contributed by atoms with Gasteiger partial charge in [-0.05, 0) is 18.8 Å². The van der Waals surface area contributed by atoms with E-state index >= 15 is 0 Å². The summed E-state index contributed by atoms with van der Waals surface area (Å²) in [7, 11) is 0. The highest BCUT2D eigenvalue weighted by molar-refractivity contribution is 5.67. The number of aliphatic carboxylic acids is 1. The molecule has 0 saturated heterocycles. The molecule has 2 nitrogen and oxygen atoms in total. The van der Waals surface area contributed by atoms with Gasteiger partial charge in [0.1, 0.15) is 0 Å². The molecular weight excluding hydrogens is 164 g/mol. The predicted octanol–water partition coefficient (Wildman–Crippen LogP) is 1.88. The van der Waals surface area contributed by atoms with Crippen molar-refractivity contribution in [3.63, 3.8) is 0 Å². The summed E-state index contributed by atoms with van der Waals surface area (Å²) in [5.41, 5.74) is 0. The Kier molecular flexibility index (Phi) is 4.87. The lowest BCUT2D eigenvalue weighted by Crippen LogP contribution is -2.31. The second kappa shape index (κ2) is 6.01. The van der Waals surface area contributed by atoms with E-state index in [1.807, 2.05) is 0 Å². The standard InChI is InChI=1S/C11H20O2/c12-11(13)10-8-6-4-2-1-3-5-7-9-10/h10H,1-9H2,(H,12,13)/p-1. The maximum absolute atomic E-state index is 10.7. The largest absolute Gasteiger partial charge is 0.550 e. The summed E-state index contributed by atoms with van der Waals surface area (Å²) in [5, 5.41) is 10.7. The van der Waals surface area contributed by atoms with Crippen molar-refractivity contribution in [1.29, 1.82) is 0 Å². The smallest absolute Gasteiger partial charge is 0.0445 e. The van der Waals surface area contributed by atoms with E-state index in [9.17, 15) is 9.90 Å². The van der Waals surface area contributed by atoms with E-state index < -0.39 is 5.97 Å². The zero-order chi connectivity index (χ0) is 9.52. The molecule has 0 heterocycles. The molecule has 0 aromatic carbocycles. The van der Waals surface area contributed by atoms with Crippen molar-refractivity contribution in [2.24, 2.45) is 5.92 Å². The van der Waals surface area contributed by atoms with Gasteiger partial charge in [-0.1, -0.05) is 44.9 Å². The first kappa shape index (κ1) is 10.6.